The highest BCUT2D eigenvalue weighted by molar-refractivity contribution is 5.53. The van der Waals surface area contributed by atoms with Crippen molar-refractivity contribution in [3.05, 3.63) is 59.7 Å². The van der Waals surface area contributed by atoms with Gasteiger partial charge in [-0.15, -0.1) is 0 Å². The lowest BCUT2D eigenvalue weighted by Gasteiger charge is -2.31. The standard InChI is InChI=1S/C16H21N3O5.C15H19N3O4/c1-9-10-4-5-11(19(10)18-8-17-9)12-13-14(24-15(2,3)22-13)16(6-20,7-21)23-12;1-8-9-4-5-10(18(9)17-7-16-8)12-14-13(11(6-19)20-12)21-15(2,3)22-14/h4-5,8,12-14,20-21H,6-7H2,1-3H3;4-5,7,11-14,19H,6H2,1-3H3/t12-,13-,14-;11-,12+,13-,14+/m01/s1. The van der Waals surface area contributed by atoms with Gasteiger partial charge in [0.1, 0.15) is 61.0 Å². The maximum absolute atomic E-state index is 9.85. The minimum atomic E-state index is -1.21. The van der Waals surface area contributed by atoms with Crippen LogP contribution in [0.5, 0.6) is 0 Å². The quantitative estimate of drug-likeness (QED) is 0.285. The van der Waals surface area contributed by atoms with E-state index in [0.717, 1.165) is 33.8 Å². The predicted octanol–water partition coefficient (Wildman–Crippen LogP) is 1.34. The lowest BCUT2D eigenvalue weighted by Crippen LogP contribution is -2.49. The molecular weight excluding hydrogens is 600 g/mol. The molecule has 15 nitrogen and oxygen atoms in total. The first-order valence-corrected chi connectivity index (χ1v) is 15.4. The second-order valence-electron chi connectivity index (χ2n) is 13.1. The van der Waals surface area contributed by atoms with Gasteiger partial charge in [-0.2, -0.15) is 10.2 Å². The molecule has 0 saturated carbocycles. The molecule has 0 aromatic carbocycles. The maximum atomic E-state index is 9.85. The van der Waals surface area contributed by atoms with E-state index in [1.807, 2.05) is 70.3 Å². The molecule has 4 aliphatic rings. The molecule has 248 valence electrons. The van der Waals surface area contributed by atoms with Crippen LogP contribution in [0.3, 0.4) is 0 Å². The number of hydrogen-bond acceptors (Lipinski definition) is 13. The van der Waals surface area contributed by atoms with Crippen molar-refractivity contribution in [1.82, 2.24) is 29.2 Å². The molecule has 46 heavy (non-hydrogen) atoms. The molecule has 0 unspecified atom stereocenters. The van der Waals surface area contributed by atoms with Gasteiger partial charge in [0, 0.05) is 0 Å². The van der Waals surface area contributed by atoms with Gasteiger partial charge in [-0.05, 0) is 65.8 Å². The van der Waals surface area contributed by atoms with E-state index in [2.05, 4.69) is 20.2 Å². The summed E-state index contributed by atoms with van der Waals surface area (Å²) < 4.78 is 39.5. The van der Waals surface area contributed by atoms with Crippen molar-refractivity contribution in [3.8, 4) is 0 Å². The fourth-order valence-electron chi connectivity index (χ4n) is 6.99. The Morgan fingerprint density at radius 2 is 1.20 bits per heavy atom. The fourth-order valence-corrected chi connectivity index (χ4v) is 6.99. The first-order chi connectivity index (χ1) is 21.9. The number of fused-ring (bicyclic) bond motifs is 4. The molecular formula is C31H40N6O9. The SMILES string of the molecule is Cc1ncnn2c([C@@H]3OC(CO)(CO)[C@H]4OC(C)(C)O[C@@H]34)ccc12.Cc1ncnn2c([C@@H]3O[C@H](CO)[C@H]4OC(C)(C)O[C@H]43)ccc12. The molecule has 4 saturated heterocycles. The van der Waals surface area contributed by atoms with Crippen LogP contribution in [-0.2, 0) is 28.4 Å². The average molecular weight is 641 g/mol. The van der Waals surface area contributed by atoms with Gasteiger partial charge in [-0.25, -0.2) is 19.0 Å². The Morgan fingerprint density at radius 1 is 0.674 bits per heavy atom. The Morgan fingerprint density at radius 3 is 1.76 bits per heavy atom. The van der Waals surface area contributed by atoms with E-state index < -0.39 is 41.6 Å². The third-order valence-corrected chi connectivity index (χ3v) is 9.10. The van der Waals surface area contributed by atoms with Crippen molar-refractivity contribution in [2.24, 2.45) is 0 Å². The van der Waals surface area contributed by atoms with Gasteiger partial charge in [0.25, 0.3) is 0 Å². The van der Waals surface area contributed by atoms with Crippen LogP contribution in [0.1, 0.15) is 62.7 Å². The summed E-state index contributed by atoms with van der Waals surface area (Å²) >= 11 is 0. The van der Waals surface area contributed by atoms with Crippen molar-refractivity contribution >= 4 is 11.0 Å². The lowest BCUT2D eigenvalue weighted by molar-refractivity contribution is -0.224. The van der Waals surface area contributed by atoms with Crippen LogP contribution < -0.4 is 0 Å². The van der Waals surface area contributed by atoms with Crippen LogP contribution >= 0.6 is 0 Å². The Kier molecular flexibility index (Phi) is 7.70. The number of rotatable bonds is 5. The monoisotopic (exact) mass is 640 g/mol. The van der Waals surface area contributed by atoms with Crippen LogP contribution in [0.2, 0.25) is 0 Å². The zero-order valence-electron chi connectivity index (χ0n) is 26.6. The third-order valence-electron chi connectivity index (χ3n) is 9.10. The van der Waals surface area contributed by atoms with Gasteiger partial charge in [0.15, 0.2) is 11.6 Å². The van der Waals surface area contributed by atoms with E-state index >= 15 is 0 Å². The van der Waals surface area contributed by atoms with Crippen molar-refractivity contribution in [3.63, 3.8) is 0 Å². The van der Waals surface area contributed by atoms with Crippen LogP contribution in [0, 0.1) is 13.8 Å². The van der Waals surface area contributed by atoms with Crippen LogP contribution in [0.4, 0.5) is 0 Å². The summed E-state index contributed by atoms with van der Waals surface area (Å²) in [7, 11) is 0. The van der Waals surface area contributed by atoms with E-state index in [9.17, 15) is 15.3 Å². The zero-order valence-corrected chi connectivity index (χ0v) is 26.6. The summed E-state index contributed by atoms with van der Waals surface area (Å²) in [6, 6.07) is 7.75. The van der Waals surface area contributed by atoms with Crippen molar-refractivity contribution in [2.45, 2.75) is 101 Å². The van der Waals surface area contributed by atoms with Gasteiger partial charge in [-0.1, -0.05) is 0 Å². The molecule has 3 N–H and O–H groups in total. The number of aromatic nitrogens is 6. The minimum absolute atomic E-state index is 0.103. The van der Waals surface area contributed by atoms with E-state index in [4.69, 9.17) is 28.4 Å². The molecule has 0 amide bonds. The van der Waals surface area contributed by atoms with E-state index in [1.54, 1.807) is 4.52 Å². The topological polar surface area (TPSA) is 176 Å². The van der Waals surface area contributed by atoms with Crippen LogP contribution in [-0.4, -0.2) is 112 Å². The summed E-state index contributed by atoms with van der Waals surface area (Å²) in [6.07, 6.45) is 0.198. The smallest absolute Gasteiger partial charge is 0.164 e. The Bertz CT molecular complexity index is 1740. The number of aryl methyl sites for hydroxylation is 2. The Hall–Kier alpha value is -3.12. The zero-order chi connectivity index (χ0) is 32.6. The fraction of sp³-hybridized carbons (Fsp3) is 0.613. The number of aliphatic hydroxyl groups excluding tert-OH is 3. The molecule has 4 aromatic rings. The van der Waals surface area contributed by atoms with Crippen LogP contribution in [0.15, 0.2) is 36.9 Å². The van der Waals surface area contributed by atoms with Gasteiger partial charge >= 0.3 is 0 Å². The minimum Gasteiger partial charge on any atom is -0.394 e. The Labute approximate surface area is 265 Å². The Balaban J connectivity index is 0.000000147. The third kappa shape index (κ3) is 5.01. The number of hydrogen-bond donors (Lipinski definition) is 3. The second kappa shape index (κ2) is 11.2. The van der Waals surface area contributed by atoms with E-state index in [0.29, 0.717) is 0 Å². The number of aliphatic hydroxyl groups is 3. The largest absolute Gasteiger partial charge is 0.394 e. The van der Waals surface area contributed by atoms with E-state index in [-0.39, 0.29) is 38.1 Å². The highest BCUT2D eigenvalue weighted by Crippen LogP contribution is 2.50. The molecule has 0 bridgehead atoms. The van der Waals surface area contributed by atoms with Gasteiger partial charge in [-0.3, -0.25) is 0 Å². The summed E-state index contributed by atoms with van der Waals surface area (Å²) in [5, 5.41) is 37.9. The molecule has 8 rings (SSSR count). The molecule has 4 aromatic heterocycles. The van der Waals surface area contributed by atoms with Crippen molar-refractivity contribution in [2.75, 3.05) is 19.8 Å². The summed E-state index contributed by atoms with van der Waals surface area (Å²) in [5.41, 5.74) is 4.00. The highest BCUT2D eigenvalue weighted by Gasteiger charge is 2.63. The number of ether oxygens (including phenoxy) is 6. The molecule has 4 fully saturated rings. The van der Waals surface area contributed by atoms with E-state index in [1.165, 1.54) is 12.7 Å². The summed E-state index contributed by atoms with van der Waals surface area (Å²) in [5.74, 6) is -1.49. The highest BCUT2D eigenvalue weighted by atomic mass is 16.8. The molecule has 4 aliphatic heterocycles. The second-order valence-corrected chi connectivity index (χ2v) is 13.1. The maximum Gasteiger partial charge on any atom is 0.164 e. The van der Waals surface area contributed by atoms with Gasteiger partial charge < -0.3 is 43.7 Å². The summed E-state index contributed by atoms with van der Waals surface area (Å²) in [4.78, 5) is 8.39. The van der Waals surface area contributed by atoms with Crippen LogP contribution in [0.25, 0.3) is 11.0 Å². The molecule has 7 atom stereocenters. The molecule has 15 heteroatoms. The molecule has 0 radical (unpaired) electrons. The number of nitrogens with zero attached hydrogens (tertiary/aromatic N) is 6. The first kappa shape index (κ1) is 31.5. The summed E-state index contributed by atoms with van der Waals surface area (Å²) in [6.45, 7) is 10.4. The normalized spacial score (nSPS) is 32.1. The molecule has 0 spiro atoms. The van der Waals surface area contributed by atoms with Gasteiger partial charge in [0.2, 0.25) is 0 Å². The lowest BCUT2D eigenvalue weighted by atomic mass is 9.95. The first-order valence-electron chi connectivity index (χ1n) is 15.4. The van der Waals surface area contributed by atoms with Crippen molar-refractivity contribution < 1.29 is 43.7 Å². The average Bonchev–Trinajstić information content (AvgIpc) is 3.84. The van der Waals surface area contributed by atoms with Crippen molar-refractivity contribution in [1.29, 1.82) is 0 Å². The predicted molar refractivity (Wildman–Crippen MR) is 159 cm³/mol. The van der Waals surface area contributed by atoms with Gasteiger partial charge in [0.05, 0.1) is 53.6 Å². The molecule has 8 heterocycles. The molecule has 0 aliphatic carbocycles.